The molecule has 0 radical (unpaired) electrons. The summed E-state index contributed by atoms with van der Waals surface area (Å²) in [7, 11) is 0. The maximum atomic E-state index is 14.3. The largest absolute Gasteiger partial charge is 0.509 e. The maximum Gasteiger partial charge on any atom is 0.339 e. The van der Waals surface area contributed by atoms with Crippen molar-refractivity contribution < 1.29 is 24.2 Å². The molecule has 7 unspecified atom stereocenters. The van der Waals surface area contributed by atoms with Gasteiger partial charge in [0.25, 0.3) is 0 Å². The molecule has 6 heteroatoms. The van der Waals surface area contributed by atoms with Crippen molar-refractivity contribution in [2.45, 2.75) is 108 Å². The van der Waals surface area contributed by atoms with E-state index in [0.717, 1.165) is 49.7 Å². The predicted molar refractivity (Wildman–Crippen MR) is 181 cm³/mol. The normalized spacial score (nSPS) is 37.6. The summed E-state index contributed by atoms with van der Waals surface area (Å²) in [6.45, 7) is 0.546. The molecule has 4 fully saturated rings. The molecule has 7 atom stereocenters. The summed E-state index contributed by atoms with van der Waals surface area (Å²) in [5.74, 6) is 2.12. The smallest absolute Gasteiger partial charge is 0.339 e. The zero-order valence-corrected chi connectivity index (χ0v) is 27.8. The summed E-state index contributed by atoms with van der Waals surface area (Å²) in [4.78, 5) is 28.4. The second-order valence-corrected chi connectivity index (χ2v) is 15.6. The molecule has 3 saturated carbocycles. The number of esters is 2. The van der Waals surface area contributed by atoms with Crippen LogP contribution in [0.2, 0.25) is 0 Å². The number of allylic oxidation sites excluding steroid dienone is 6. The lowest BCUT2D eigenvalue weighted by Gasteiger charge is -2.68. The first-order chi connectivity index (χ1) is 23.0. The molecular formula is C41H51NO5. The number of hydrogen-bond donors (Lipinski definition) is 2. The number of aryl methyl sites for hydroxylation is 1. The lowest BCUT2D eigenvalue weighted by Crippen LogP contribution is -2.75. The summed E-state index contributed by atoms with van der Waals surface area (Å²) < 4.78 is 13.1. The number of cyclic esters (lactones) is 1. The highest BCUT2D eigenvalue weighted by Gasteiger charge is 2.91. The Labute approximate surface area is 279 Å². The topological polar surface area (TPSA) is 98.9 Å². The Morgan fingerprint density at radius 2 is 1.83 bits per heavy atom. The number of rotatable bonds is 10. The van der Waals surface area contributed by atoms with Gasteiger partial charge in [0.1, 0.15) is 11.2 Å². The van der Waals surface area contributed by atoms with Crippen molar-refractivity contribution in [2.24, 2.45) is 46.2 Å². The van der Waals surface area contributed by atoms with Gasteiger partial charge >= 0.3 is 11.9 Å². The van der Waals surface area contributed by atoms with Crippen molar-refractivity contribution in [3.05, 3.63) is 82.9 Å². The molecule has 6 nitrogen and oxygen atoms in total. The summed E-state index contributed by atoms with van der Waals surface area (Å²) >= 11 is 0. The Morgan fingerprint density at radius 1 is 0.979 bits per heavy atom. The summed E-state index contributed by atoms with van der Waals surface area (Å²) in [6, 6.07) is 6.10. The number of fused-ring (bicyclic) bond motifs is 3. The number of benzene rings is 1. The lowest BCUT2D eigenvalue weighted by molar-refractivity contribution is -0.272. The van der Waals surface area contributed by atoms with E-state index in [1.165, 1.54) is 44.9 Å². The van der Waals surface area contributed by atoms with E-state index < -0.39 is 16.4 Å². The van der Waals surface area contributed by atoms with Crippen molar-refractivity contribution in [1.29, 1.82) is 0 Å². The third-order valence-corrected chi connectivity index (χ3v) is 13.6. The van der Waals surface area contributed by atoms with Crippen LogP contribution in [0.1, 0.15) is 118 Å². The van der Waals surface area contributed by atoms with Crippen LogP contribution in [0.4, 0.5) is 0 Å². The number of hydrogen-bond acceptors (Lipinski definition) is 6. The average Bonchev–Trinajstić information content (AvgIpc) is 3.79. The molecule has 8 rings (SSSR count). The Balaban J connectivity index is 1.18. The van der Waals surface area contributed by atoms with Crippen LogP contribution in [0.15, 0.2) is 66.2 Å². The molecule has 3 N–H and O–H groups in total. The molecule has 0 aromatic heterocycles. The second kappa shape index (κ2) is 12.1. The van der Waals surface area contributed by atoms with Gasteiger partial charge < -0.3 is 20.3 Å². The van der Waals surface area contributed by atoms with Crippen molar-refractivity contribution in [3.8, 4) is 0 Å². The Morgan fingerprint density at radius 3 is 2.68 bits per heavy atom. The van der Waals surface area contributed by atoms with E-state index in [2.05, 4.69) is 42.5 Å². The van der Waals surface area contributed by atoms with Crippen molar-refractivity contribution in [2.75, 3.05) is 6.54 Å². The predicted octanol–water partition coefficient (Wildman–Crippen LogP) is 8.52. The minimum Gasteiger partial charge on any atom is -0.509 e. The van der Waals surface area contributed by atoms with Crippen LogP contribution in [0.25, 0.3) is 0 Å². The van der Waals surface area contributed by atoms with Crippen molar-refractivity contribution in [1.82, 2.24) is 0 Å². The minimum atomic E-state index is -1.05. The highest BCUT2D eigenvalue weighted by atomic mass is 16.6. The number of aliphatic hydroxyl groups excluding tert-OH is 1. The fourth-order valence-electron chi connectivity index (χ4n) is 11.7. The third kappa shape index (κ3) is 4.38. The molecule has 0 amide bonds. The molecule has 1 saturated heterocycles. The van der Waals surface area contributed by atoms with Crippen LogP contribution in [-0.2, 0) is 26.3 Å². The zero-order valence-electron chi connectivity index (χ0n) is 27.8. The molecule has 0 bridgehead atoms. The van der Waals surface area contributed by atoms with E-state index in [4.69, 9.17) is 15.2 Å². The van der Waals surface area contributed by atoms with Gasteiger partial charge in [0, 0.05) is 17.9 Å². The molecule has 250 valence electrons. The highest BCUT2D eigenvalue weighted by molar-refractivity contribution is 5.99. The molecular weight excluding hydrogens is 586 g/mol. The van der Waals surface area contributed by atoms with Gasteiger partial charge in [-0.15, -0.1) is 0 Å². The zero-order chi connectivity index (χ0) is 32.2. The first-order valence-corrected chi connectivity index (χ1v) is 18.7. The number of carbonyl (C=O) groups is 2. The van der Waals surface area contributed by atoms with Gasteiger partial charge in [0.2, 0.25) is 0 Å². The number of carbonyl (C=O) groups excluding carboxylic acids is 2. The average molecular weight is 638 g/mol. The quantitative estimate of drug-likeness (QED) is 0.152. The SMILES string of the molecule is NCCCc1cccc2c1C(=O)OC21C(CCC2CCCC2)C23C=CCCC21C(=C(O)CCCC1CCCC2C=CC=CC21)OC3=O. The van der Waals surface area contributed by atoms with Gasteiger partial charge in [0.05, 0.1) is 11.0 Å². The van der Waals surface area contributed by atoms with Crippen molar-refractivity contribution >= 4 is 11.9 Å². The van der Waals surface area contributed by atoms with Gasteiger partial charge in [-0.3, -0.25) is 4.79 Å². The van der Waals surface area contributed by atoms with E-state index in [9.17, 15) is 14.7 Å². The number of nitrogens with two attached hydrogens (primary N) is 1. The molecule has 1 spiro atoms. The molecule has 2 heterocycles. The highest BCUT2D eigenvalue weighted by Crippen LogP contribution is 2.84. The summed E-state index contributed by atoms with van der Waals surface area (Å²) in [5.41, 5.74) is 5.43. The Hall–Kier alpha value is -3.12. The first-order valence-electron chi connectivity index (χ1n) is 18.7. The summed E-state index contributed by atoms with van der Waals surface area (Å²) in [6.07, 6.45) is 28.9. The third-order valence-electron chi connectivity index (χ3n) is 13.6. The van der Waals surface area contributed by atoms with Crippen molar-refractivity contribution in [3.63, 3.8) is 0 Å². The second-order valence-electron chi connectivity index (χ2n) is 15.6. The monoisotopic (exact) mass is 637 g/mol. The standard InChI is InChI=1S/C41H51NO5/c42-26-10-18-30-17-8-20-32-35(30)37(44)47-41(32)34(23-22-27-11-1-2-12-27)39-24-5-6-25-40(39,41)36(46-38(39)45)33(43)21-9-16-29-15-7-14-28-13-3-4-19-31(28)29/h3-5,8,13,17,19-20,24,27-29,31,34,43H,1-2,6-7,9-12,14-16,18,21-23,25-26,42H2. The van der Waals surface area contributed by atoms with E-state index in [1.54, 1.807) is 0 Å². The number of aliphatic hydroxyl groups is 1. The van der Waals surface area contributed by atoms with Crippen LogP contribution < -0.4 is 5.73 Å². The van der Waals surface area contributed by atoms with Gasteiger partial charge in [-0.1, -0.05) is 86.8 Å². The van der Waals surface area contributed by atoms with Crippen LogP contribution in [0, 0.1) is 40.4 Å². The molecule has 47 heavy (non-hydrogen) atoms. The van der Waals surface area contributed by atoms with E-state index >= 15 is 0 Å². The first kappa shape index (κ1) is 31.2. The summed E-state index contributed by atoms with van der Waals surface area (Å²) in [5, 5.41) is 12.0. The van der Waals surface area contributed by atoms with E-state index in [-0.39, 0.29) is 23.6 Å². The maximum absolute atomic E-state index is 14.3. The molecule has 1 aromatic rings. The van der Waals surface area contributed by atoms with Crippen LogP contribution >= 0.6 is 0 Å². The van der Waals surface area contributed by atoms with Gasteiger partial charge in [0.15, 0.2) is 11.4 Å². The molecule has 2 aliphatic heterocycles. The Kier molecular flexibility index (Phi) is 8.02. The molecule has 1 aromatic carbocycles. The fourth-order valence-corrected chi connectivity index (χ4v) is 11.7. The molecule has 7 aliphatic rings. The minimum absolute atomic E-state index is 0.166. The van der Waals surface area contributed by atoms with E-state index in [0.29, 0.717) is 60.8 Å². The molecule has 5 aliphatic carbocycles. The van der Waals surface area contributed by atoms with E-state index in [1.807, 2.05) is 12.1 Å². The van der Waals surface area contributed by atoms with Gasteiger partial charge in [-0.05, 0) is 100.0 Å². The van der Waals surface area contributed by atoms with Crippen LogP contribution in [0.5, 0.6) is 0 Å². The van der Waals surface area contributed by atoms with Crippen LogP contribution in [-0.4, -0.2) is 23.6 Å². The lowest BCUT2D eigenvalue weighted by atomic mass is 9.31. The Bertz CT molecular complexity index is 1550. The van der Waals surface area contributed by atoms with Gasteiger partial charge in [-0.2, -0.15) is 0 Å². The van der Waals surface area contributed by atoms with Gasteiger partial charge in [-0.25, -0.2) is 4.79 Å². The number of ether oxygens (including phenoxy) is 2. The fraction of sp³-hybridized carbons (Fsp3) is 0.610. The van der Waals surface area contributed by atoms with Crippen LogP contribution in [0.3, 0.4) is 0 Å².